The molecule has 0 saturated heterocycles. The van der Waals surface area contributed by atoms with E-state index in [2.05, 4.69) is 4.72 Å². The van der Waals surface area contributed by atoms with Gasteiger partial charge in [0.05, 0.1) is 10.5 Å². The molecule has 0 aliphatic heterocycles. The van der Waals surface area contributed by atoms with Crippen LogP contribution in [0.1, 0.15) is 24.8 Å². The lowest BCUT2D eigenvalue weighted by molar-refractivity contribution is -0.305. The first-order valence-electron chi connectivity index (χ1n) is 6.00. The predicted octanol–water partition coefficient (Wildman–Crippen LogP) is 0.904. The Morgan fingerprint density at radius 1 is 1.24 bits per heavy atom. The molecule has 1 aromatic carbocycles. The maximum Gasteiger partial charge on any atom is 0.416 e. The van der Waals surface area contributed by atoms with E-state index in [0.29, 0.717) is 6.07 Å². The zero-order valence-corrected chi connectivity index (χ0v) is 11.6. The summed E-state index contributed by atoms with van der Waals surface area (Å²) in [7, 11) is -4.06. The van der Waals surface area contributed by atoms with E-state index in [1.54, 1.807) is 0 Å². The molecule has 1 N–H and O–H groups in total. The molecule has 1 aromatic rings. The molecule has 0 bridgehead atoms. The van der Waals surface area contributed by atoms with Crippen LogP contribution >= 0.6 is 0 Å². The van der Waals surface area contributed by atoms with Crippen molar-refractivity contribution in [1.29, 1.82) is 0 Å². The van der Waals surface area contributed by atoms with Crippen molar-refractivity contribution in [1.82, 2.24) is 4.72 Å². The molecule has 5 nitrogen and oxygen atoms in total. The molecule has 0 unspecified atom stereocenters. The lowest BCUT2D eigenvalue weighted by atomic mass is 10.2. The van der Waals surface area contributed by atoms with Crippen molar-refractivity contribution >= 4 is 16.0 Å². The van der Waals surface area contributed by atoms with Crippen LogP contribution in [0.2, 0.25) is 0 Å². The maximum atomic E-state index is 12.5. The molecule has 0 aromatic heterocycles. The van der Waals surface area contributed by atoms with Crippen molar-refractivity contribution in [2.75, 3.05) is 6.54 Å². The van der Waals surface area contributed by atoms with E-state index in [-0.39, 0.29) is 25.8 Å². The van der Waals surface area contributed by atoms with Crippen LogP contribution in [0, 0.1) is 0 Å². The number of rotatable bonds is 7. The summed E-state index contributed by atoms with van der Waals surface area (Å²) in [5, 5.41) is 10.2. The number of aliphatic carboxylic acids is 1. The van der Waals surface area contributed by atoms with Crippen LogP contribution in [-0.4, -0.2) is 20.9 Å². The van der Waals surface area contributed by atoms with Crippen molar-refractivity contribution in [2.24, 2.45) is 0 Å². The number of hydrogen-bond donors (Lipinski definition) is 1. The van der Waals surface area contributed by atoms with Crippen molar-refractivity contribution in [3.63, 3.8) is 0 Å². The van der Waals surface area contributed by atoms with Gasteiger partial charge in [-0.1, -0.05) is 6.07 Å². The van der Waals surface area contributed by atoms with E-state index in [1.807, 2.05) is 0 Å². The Kier molecular flexibility index (Phi) is 5.73. The van der Waals surface area contributed by atoms with Gasteiger partial charge in [-0.3, -0.25) is 0 Å². The lowest BCUT2D eigenvalue weighted by Gasteiger charge is -2.10. The number of halogens is 3. The summed E-state index contributed by atoms with van der Waals surface area (Å²) >= 11 is 0. The average molecular weight is 324 g/mol. The third kappa shape index (κ3) is 5.72. The number of carboxylic acid groups (broad SMARTS) is 1. The van der Waals surface area contributed by atoms with Crippen molar-refractivity contribution in [3.8, 4) is 0 Å². The summed E-state index contributed by atoms with van der Waals surface area (Å²) in [4.78, 5) is 9.67. The molecule has 0 spiro atoms. The molecule has 0 heterocycles. The van der Waals surface area contributed by atoms with Crippen LogP contribution in [0.15, 0.2) is 29.2 Å². The molecule has 0 radical (unpaired) electrons. The van der Waals surface area contributed by atoms with E-state index in [4.69, 9.17) is 0 Å². The Balaban J connectivity index is 2.68. The first-order valence-corrected chi connectivity index (χ1v) is 7.48. The molecular formula is C12H13F3NO4S-. The zero-order valence-electron chi connectivity index (χ0n) is 10.8. The molecule has 9 heteroatoms. The number of alkyl halides is 3. The largest absolute Gasteiger partial charge is 0.550 e. The Morgan fingerprint density at radius 3 is 2.48 bits per heavy atom. The normalized spacial score (nSPS) is 12.3. The summed E-state index contributed by atoms with van der Waals surface area (Å²) < 4.78 is 63.2. The Labute approximate surface area is 119 Å². The average Bonchev–Trinajstić information content (AvgIpc) is 2.37. The highest BCUT2D eigenvalue weighted by atomic mass is 32.2. The van der Waals surface area contributed by atoms with Crippen molar-refractivity contribution in [2.45, 2.75) is 30.3 Å². The maximum absolute atomic E-state index is 12.5. The predicted molar refractivity (Wildman–Crippen MR) is 65.5 cm³/mol. The van der Waals surface area contributed by atoms with Gasteiger partial charge < -0.3 is 9.90 Å². The van der Waals surface area contributed by atoms with Crippen molar-refractivity contribution in [3.05, 3.63) is 29.8 Å². The second kappa shape index (κ2) is 6.90. The minimum Gasteiger partial charge on any atom is -0.550 e. The van der Waals surface area contributed by atoms with Gasteiger partial charge in [0.15, 0.2) is 0 Å². The topological polar surface area (TPSA) is 86.3 Å². The highest BCUT2D eigenvalue weighted by molar-refractivity contribution is 7.89. The number of carboxylic acids is 1. The van der Waals surface area contributed by atoms with Crippen LogP contribution in [0.5, 0.6) is 0 Å². The fourth-order valence-electron chi connectivity index (χ4n) is 1.52. The quantitative estimate of drug-likeness (QED) is 0.755. The molecule has 0 aliphatic rings. The molecular weight excluding hydrogens is 311 g/mol. The number of sulfonamides is 1. The fourth-order valence-corrected chi connectivity index (χ4v) is 2.64. The zero-order chi connectivity index (χ0) is 16.1. The summed E-state index contributed by atoms with van der Waals surface area (Å²) in [5.74, 6) is -1.24. The SMILES string of the molecule is O=C([O-])CCCCNS(=O)(=O)c1cccc(C(F)(F)F)c1. The fraction of sp³-hybridized carbons (Fsp3) is 0.417. The highest BCUT2D eigenvalue weighted by Crippen LogP contribution is 2.30. The Bertz CT molecular complexity index is 599. The van der Waals surface area contributed by atoms with Gasteiger partial charge in [0.2, 0.25) is 10.0 Å². The monoisotopic (exact) mass is 324 g/mol. The summed E-state index contributed by atoms with van der Waals surface area (Å²) in [6.45, 7) is -0.0636. The molecule has 0 aliphatic carbocycles. The van der Waals surface area contributed by atoms with Gasteiger partial charge in [-0.05, 0) is 37.5 Å². The summed E-state index contributed by atoms with van der Waals surface area (Å²) in [6, 6.07) is 3.38. The standard InChI is InChI=1S/C12H14F3NO4S/c13-12(14,15)9-4-3-5-10(8-9)21(19,20)16-7-2-1-6-11(17)18/h3-5,8,16H,1-2,6-7H2,(H,17,18)/p-1. The van der Waals surface area contributed by atoms with Gasteiger partial charge >= 0.3 is 6.18 Å². The minimum atomic E-state index is -4.62. The molecule has 0 amide bonds. The Hall–Kier alpha value is -1.61. The summed E-state index contributed by atoms with van der Waals surface area (Å²) in [6.07, 6.45) is -4.37. The van der Waals surface area contributed by atoms with Crippen LogP contribution in [0.3, 0.4) is 0 Å². The van der Waals surface area contributed by atoms with Gasteiger partial charge in [0, 0.05) is 12.5 Å². The molecule has 0 atom stereocenters. The highest BCUT2D eigenvalue weighted by Gasteiger charge is 2.31. The van der Waals surface area contributed by atoms with Crippen LogP contribution in [-0.2, 0) is 21.0 Å². The smallest absolute Gasteiger partial charge is 0.416 e. The van der Waals surface area contributed by atoms with Crippen molar-refractivity contribution < 1.29 is 31.5 Å². The Morgan fingerprint density at radius 2 is 1.90 bits per heavy atom. The minimum absolute atomic E-state index is 0.0636. The van der Waals surface area contributed by atoms with Gasteiger partial charge in [0.25, 0.3) is 0 Å². The van der Waals surface area contributed by atoms with Crippen LogP contribution < -0.4 is 9.83 Å². The number of benzene rings is 1. The first-order chi connectivity index (χ1) is 9.63. The third-order valence-corrected chi connectivity index (χ3v) is 4.03. The van der Waals surface area contributed by atoms with E-state index >= 15 is 0 Å². The van der Waals surface area contributed by atoms with Gasteiger partial charge in [0.1, 0.15) is 0 Å². The molecule has 1 rings (SSSR count). The second-order valence-electron chi connectivity index (χ2n) is 4.25. The number of nitrogens with one attached hydrogen (secondary N) is 1. The number of carbonyl (C=O) groups is 1. The van der Waals surface area contributed by atoms with Gasteiger partial charge in [-0.25, -0.2) is 13.1 Å². The molecule has 0 saturated carbocycles. The molecule has 21 heavy (non-hydrogen) atoms. The number of hydrogen-bond acceptors (Lipinski definition) is 4. The summed E-state index contributed by atoms with van der Waals surface area (Å²) in [5.41, 5.74) is -1.05. The lowest BCUT2D eigenvalue weighted by Crippen LogP contribution is -2.26. The van der Waals surface area contributed by atoms with E-state index < -0.39 is 32.6 Å². The first kappa shape index (κ1) is 17.4. The second-order valence-corrected chi connectivity index (χ2v) is 6.02. The van der Waals surface area contributed by atoms with Crippen LogP contribution in [0.4, 0.5) is 13.2 Å². The van der Waals surface area contributed by atoms with E-state index in [0.717, 1.165) is 18.2 Å². The van der Waals surface area contributed by atoms with Gasteiger partial charge in [-0.15, -0.1) is 0 Å². The van der Waals surface area contributed by atoms with Gasteiger partial charge in [-0.2, -0.15) is 13.2 Å². The van der Waals surface area contributed by atoms with E-state index in [1.165, 1.54) is 0 Å². The van der Waals surface area contributed by atoms with E-state index in [9.17, 15) is 31.5 Å². The molecule has 118 valence electrons. The number of carbonyl (C=O) groups excluding carboxylic acids is 1. The number of unbranched alkanes of at least 4 members (excludes halogenated alkanes) is 1. The van der Waals surface area contributed by atoms with Crippen LogP contribution in [0.25, 0.3) is 0 Å². The third-order valence-electron chi connectivity index (χ3n) is 2.57. The molecule has 0 fully saturated rings.